The standard InChI is InChI=1S/C8H16F3NO3/c1-13-2-3-14-4-5-15-7(6-12)8(9,10)11/h7H,2-6,12H2,1H3. The minimum atomic E-state index is -4.42. The molecule has 0 aliphatic carbocycles. The van der Waals surface area contributed by atoms with Crippen LogP contribution in [0.3, 0.4) is 0 Å². The molecule has 0 bridgehead atoms. The molecule has 92 valence electrons. The van der Waals surface area contributed by atoms with Crippen molar-refractivity contribution in [2.75, 3.05) is 40.1 Å². The Morgan fingerprint density at radius 2 is 1.73 bits per heavy atom. The summed E-state index contributed by atoms with van der Waals surface area (Å²) < 4.78 is 50.4. The molecule has 0 rings (SSSR count). The molecule has 0 aliphatic rings. The van der Waals surface area contributed by atoms with Crippen molar-refractivity contribution in [2.24, 2.45) is 5.73 Å². The van der Waals surface area contributed by atoms with Gasteiger partial charge >= 0.3 is 6.18 Å². The predicted molar refractivity (Wildman–Crippen MR) is 47.5 cm³/mol. The molecular weight excluding hydrogens is 215 g/mol. The Bertz CT molecular complexity index is 155. The largest absolute Gasteiger partial charge is 0.415 e. The number of nitrogens with two attached hydrogens (primary N) is 1. The van der Waals surface area contributed by atoms with Crippen LogP contribution in [0.2, 0.25) is 0 Å². The van der Waals surface area contributed by atoms with Gasteiger partial charge in [-0.1, -0.05) is 0 Å². The average molecular weight is 231 g/mol. The minimum absolute atomic E-state index is 0.0932. The summed E-state index contributed by atoms with van der Waals surface area (Å²) in [6, 6.07) is 0. The molecular formula is C8H16F3NO3. The zero-order chi connectivity index (χ0) is 11.7. The molecule has 0 aromatic rings. The maximum atomic E-state index is 12.1. The molecule has 0 heterocycles. The molecule has 0 amide bonds. The van der Waals surface area contributed by atoms with Gasteiger partial charge in [0.05, 0.1) is 26.4 Å². The van der Waals surface area contributed by atoms with Gasteiger partial charge in [-0.05, 0) is 0 Å². The molecule has 0 radical (unpaired) electrons. The van der Waals surface area contributed by atoms with Crippen LogP contribution in [0.25, 0.3) is 0 Å². The van der Waals surface area contributed by atoms with E-state index in [0.717, 1.165) is 0 Å². The summed E-state index contributed by atoms with van der Waals surface area (Å²) in [6.45, 7) is 0.112. The van der Waals surface area contributed by atoms with Crippen molar-refractivity contribution in [3.63, 3.8) is 0 Å². The number of halogens is 3. The van der Waals surface area contributed by atoms with Gasteiger partial charge in [0.1, 0.15) is 0 Å². The van der Waals surface area contributed by atoms with Gasteiger partial charge in [-0.3, -0.25) is 0 Å². The SMILES string of the molecule is COCCOCCOC(CN)C(F)(F)F. The highest BCUT2D eigenvalue weighted by molar-refractivity contribution is 4.67. The van der Waals surface area contributed by atoms with Crippen LogP contribution in [-0.2, 0) is 14.2 Å². The van der Waals surface area contributed by atoms with E-state index in [2.05, 4.69) is 9.47 Å². The number of rotatable bonds is 8. The lowest BCUT2D eigenvalue weighted by Crippen LogP contribution is -2.39. The first-order valence-corrected chi connectivity index (χ1v) is 4.47. The van der Waals surface area contributed by atoms with Gasteiger partial charge in [-0.15, -0.1) is 0 Å². The molecule has 4 nitrogen and oxygen atoms in total. The number of methoxy groups -OCH3 is 1. The van der Waals surface area contributed by atoms with E-state index in [1.54, 1.807) is 0 Å². The second-order valence-electron chi connectivity index (χ2n) is 2.74. The number of ether oxygens (including phenoxy) is 3. The molecule has 0 aromatic heterocycles. The smallest absolute Gasteiger partial charge is 0.382 e. The third-order valence-corrected chi connectivity index (χ3v) is 1.56. The van der Waals surface area contributed by atoms with Crippen LogP contribution in [-0.4, -0.2) is 52.4 Å². The number of hydrogen-bond acceptors (Lipinski definition) is 4. The summed E-state index contributed by atoms with van der Waals surface area (Å²) in [6.07, 6.45) is -6.33. The van der Waals surface area contributed by atoms with Crippen LogP contribution in [0.15, 0.2) is 0 Å². The first-order valence-electron chi connectivity index (χ1n) is 4.47. The van der Waals surface area contributed by atoms with E-state index >= 15 is 0 Å². The fourth-order valence-corrected chi connectivity index (χ4v) is 0.790. The van der Waals surface area contributed by atoms with Crippen LogP contribution in [0, 0.1) is 0 Å². The van der Waals surface area contributed by atoms with Gasteiger partial charge in [0.15, 0.2) is 6.10 Å². The van der Waals surface area contributed by atoms with Crippen LogP contribution in [0.5, 0.6) is 0 Å². The molecule has 1 unspecified atom stereocenters. The summed E-state index contributed by atoms with van der Waals surface area (Å²) in [4.78, 5) is 0. The zero-order valence-electron chi connectivity index (χ0n) is 8.55. The Morgan fingerprint density at radius 3 is 2.20 bits per heavy atom. The Balaban J connectivity index is 3.48. The molecule has 2 N–H and O–H groups in total. The van der Waals surface area contributed by atoms with Gasteiger partial charge in [0.25, 0.3) is 0 Å². The molecule has 1 atom stereocenters. The van der Waals surface area contributed by atoms with Gasteiger partial charge in [0.2, 0.25) is 0 Å². The normalized spacial score (nSPS) is 14.2. The zero-order valence-corrected chi connectivity index (χ0v) is 8.55. The Kier molecular flexibility index (Phi) is 7.67. The Hall–Kier alpha value is -0.370. The van der Waals surface area contributed by atoms with Crippen LogP contribution < -0.4 is 5.73 Å². The summed E-state index contributed by atoms with van der Waals surface area (Å²) in [5.74, 6) is 0. The highest BCUT2D eigenvalue weighted by Crippen LogP contribution is 2.21. The topological polar surface area (TPSA) is 53.7 Å². The third kappa shape index (κ3) is 7.55. The predicted octanol–water partition coefficient (Wildman–Crippen LogP) is 0.556. The van der Waals surface area contributed by atoms with Gasteiger partial charge in [0, 0.05) is 13.7 Å². The van der Waals surface area contributed by atoms with E-state index in [1.807, 2.05) is 0 Å². The van der Waals surface area contributed by atoms with E-state index in [9.17, 15) is 13.2 Å². The molecule has 0 saturated heterocycles. The van der Waals surface area contributed by atoms with E-state index < -0.39 is 18.8 Å². The molecule has 0 saturated carbocycles. The lowest BCUT2D eigenvalue weighted by atomic mass is 10.3. The van der Waals surface area contributed by atoms with Crippen molar-refractivity contribution < 1.29 is 27.4 Å². The van der Waals surface area contributed by atoms with E-state index in [1.165, 1.54) is 7.11 Å². The average Bonchev–Trinajstić information content (AvgIpc) is 2.15. The van der Waals surface area contributed by atoms with Crippen molar-refractivity contribution >= 4 is 0 Å². The molecule has 0 fully saturated rings. The second kappa shape index (κ2) is 7.86. The highest BCUT2D eigenvalue weighted by atomic mass is 19.4. The van der Waals surface area contributed by atoms with Crippen LogP contribution in [0.1, 0.15) is 0 Å². The van der Waals surface area contributed by atoms with Crippen molar-refractivity contribution in [1.29, 1.82) is 0 Å². The first-order chi connectivity index (χ1) is 7.02. The summed E-state index contributed by atoms with van der Waals surface area (Å²) >= 11 is 0. The Labute approximate surface area is 86.5 Å². The minimum Gasteiger partial charge on any atom is -0.382 e. The quantitative estimate of drug-likeness (QED) is 0.620. The van der Waals surface area contributed by atoms with Gasteiger partial charge < -0.3 is 19.9 Å². The van der Waals surface area contributed by atoms with Crippen molar-refractivity contribution in [3.05, 3.63) is 0 Å². The lowest BCUT2D eigenvalue weighted by Gasteiger charge is -2.18. The van der Waals surface area contributed by atoms with Crippen molar-refractivity contribution in [3.8, 4) is 0 Å². The fraction of sp³-hybridized carbons (Fsp3) is 1.00. The monoisotopic (exact) mass is 231 g/mol. The van der Waals surface area contributed by atoms with E-state index in [0.29, 0.717) is 13.2 Å². The van der Waals surface area contributed by atoms with E-state index in [4.69, 9.17) is 10.5 Å². The molecule has 0 spiro atoms. The van der Waals surface area contributed by atoms with Crippen LogP contribution >= 0.6 is 0 Å². The summed E-state index contributed by atoms with van der Waals surface area (Å²) in [7, 11) is 1.51. The van der Waals surface area contributed by atoms with Crippen molar-refractivity contribution in [2.45, 2.75) is 12.3 Å². The molecule has 0 aliphatic heterocycles. The maximum Gasteiger partial charge on any atom is 0.415 e. The van der Waals surface area contributed by atoms with Gasteiger partial charge in [-0.2, -0.15) is 13.2 Å². The second-order valence-corrected chi connectivity index (χ2v) is 2.74. The van der Waals surface area contributed by atoms with Gasteiger partial charge in [-0.25, -0.2) is 0 Å². The van der Waals surface area contributed by atoms with Crippen LogP contribution in [0.4, 0.5) is 13.2 Å². The highest BCUT2D eigenvalue weighted by Gasteiger charge is 2.39. The number of alkyl halides is 3. The molecule has 15 heavy (non-hydrogen) atoms. The molecule has 0 aromatic carbocycles. The first kappa shape index (κ1) is 14.6. The summed E-state index contributed by atoms with van der Waals surface area (Å²) in [5.41, 5.74) is 4.92. The maximum absolute atomic E-state index is 12.1. The molecule has 7 heteroatoms. The van der Waals surface area contributed by atoms with Crippen molar-refractivity contribution in [1.82, 2.24) is 0 Å². The Morgan fingerprint density at radius 1 is 1.13 bits per heavy atom. The lowest BCUT2D eigenvalue weighted by molar-refractivity contribution is -0.219. The fourth-order valence-electron chi connectivity index (χ4n) is 0.790. The summed E-state index contributed by atoms with van der Waals surface area (Å²) in [5, 5.41) is 0. The number of hydrogen-bond donors (Lipinski definition) is 1. The third-order valence-electron chi connectivity index (χ3n) is 1.56. The van der Waals surface area contributed by atoms with E-state index in [-0.39, 0.29) is 13.2 Å².